The van der Waals surface area contributed by atoms with Crippen LogP contribution in [0.15, 0.2) is 142 Å². The van der Waals surface area contributed by atoms with Crippen LogP contribution in [0.1, 0.15) is 107 Å². The van der Waals surface area contributed by atoms with Crippen LogP contribution in [0.2, 0.25) is 13.7 Å². The first-order valence-corrected chi connectivity index (χ1v) is 26.1. The molecule has 2 fully saturated rings. The van der Waals surface area contributed by atoms with Crippen LogP contribution in [0.3, 0.4) is 0 Å². The molecule has 10 unspecified atom stereocenters. The Balaban J connectivity index is 0.00000293. The van der Waals surface area contributed by atoms with Gasteiger partial charge in [0.05, 0.1) is 0 Å². The Hall–Kier alpha value is -1.73. The zero-order valence-electron chi connectivity index (χ0n) is 37.3. The molecule has 0 aromatic heterocycles. The normalized spacial score (nSPS) is 38.3. The summed E-state index contributed by atoms with van der Waals surface area (Å²) in [4.78, 5) is 0. The van der Waals surface area contributed by atoms with Crippen molar-refractivity contribution in [2.45, 2.75) is 99.6 Å². The van der Waals surface area contributed by atoms with Gasteiger partial charge in [0.25, 0.3) is 0 Å². The third-order valence-corrected chi connectivity index (χ3v) is 28.1. The van der Waals surface area contributed by atoms with Gasteiger partial charge in [0.2, 0.25) is 0 Å². The molecule has 5 heteroatoms. The maximum atomic E-state index is 6.74. The SMILES string of the molecule is CCCC1C=C(C(C)(C)C)C=[C]1[Zr+2](=[C](c1ccc(Cl)cc1)c1ccc(Cl)cc1)[CH]1C2C=CC=C(C)C2(C)C2(C)C3(C)C=CC=CC3(C)C3(C)C=CC=CC3(C)C12C.[Cl-].[Cl-]. The molecule has 0 N–H and O–H groups in total. The van der Waals surface area contributed by atoms with E-state index < -0.39 is 21.3 Å². The van der Waals surface area contributed by atoms with Gasteiger partial charge in [-0.05, 0) is 0 Å². The Kier molecular flexibility index (Phi) is 12.3. The molecule has 312 valence electrons. The van der Waals surface area contributed by atoms with Crippen molar-refractivity contribution in [1.29, 1.82) is 0 Å². The first-order chi connectivity index (χ1) is 26.7. The van der Waals surface area contributed by atoms with Crippen molar-refractivity contribution in [3.8, 4) is 0 Å². The number of allylic oxidation sites excluding steroid dienone is 16. The van der Waals surface area contributed by atoms with Crippen molar-refractivity contribution in [2.75, 3.05) is 0 Å². The van der Waals surface area contributed by atoms with E-state index in [1.165, 1.54) is 28.7 Å². The standard InChI is InChI=1S/C29H37.C13H8Cl2.C12H19.2ClH.Zr/c1-21-14-13-15-22-20-27(6)25(4)18-10-9-16-23(25,2)24(3)17-11-12-19-26(24,5)29(27,8)28(21,22)7;14-12-5-1-10(2-6-12)9-11-3-7-13(15)8-4-11;1-5-6-10-7-8-11(9-10)12(2,3)4;;;/h9-20,22H,1-8H3;1-8H;8-10H,5-6H2,1-4H3;2*1H;/q;;;;;+2/p-2. The first-order valence-electron chi connectivity index (χ1n) is 21.5. The Morgan fingerprint density at radius 1 is 0.678 bits per heavy atom. The van der Waals surface area contributed by atoms with Gasteiger partial charge in [-0.3, -0.25) is 0 Å². The predicted octanol–water partition coefficient (Wildman–Crippen LogP) is 9.72. The van der Waals surface area contributed by atoms with Crippen molar-refractivity contribution in [3.05, 3.63) is 163 Å². The fourth-order valence-electron chi connectivity index (χ4n) is 14.3. The van der Waals surface area contributed by atoms with E-state index in [1.54, 1.807) is 6.49 Å². The average Bonchev–Trinajstić information content (AvgIpc) is 3.66. The first kappa shape index (κ1) is 46.8. The minimum absolute atomic E-state index is 0. The molecular weight excluding hydrogens is 882 g/mol. The number of rotatable bonds is 6. The molecular formula is C54H64Cl4Zr. The van der Waals surface area contributed by atoms with E-state index in [0.29, 0.717) is 15.5 Å². The van der Waals surface area contributed by atoms with Crippen molar-refractivity contribution in [1.82, 2.24) is 0 Å². The van der Waals surface area contributed by atoms with Crippen molar-refractivity contribution in [3.63, 3.8) is 0 Å². The Labute approximate surface area is 387 Å². The van der Waals surface area contributed by atoms with Crippen LogP contribution in [-0.4, -0.2) is 3.21 Å². The maximum absolute atomic E-state index is 6.74. The van der Waals surface area contributed by atoms with Gasteiger partial charge in [-0.1, -0.05) is 0 Å². The molecule has 2 aromatic carbocycles. The number of benzene rings is 2. The van der Waals surface area contributed by atoms with Gasteiger partial charge in [0.15, 0.2) is 0 Å². The number of fused-ring (bicyclic) bond motifs is 8. The van der Waals surface area contributed by atoms with Crippen molar-refractivity contribution < 1.29 is 46.1 Å². The second-order valence-electron chi connectivity index (χ2n) is 20.7. The van der Waals surface area contributed by atoms with Crippen molar-refractivity contribution in [2.24, 2.45) is 55.2 Å². The zero-order chi connectivity index (χ0) is 41.2. The van der Waals surface area contributed by atoms with E-state index in [9.17, 15) is 0 Å². The Morgan fingerprint density at radius 3 is 1.64 bits per heavy atom. The predicted molar refractivity (Wildman–Crippen MR) is 244 cm³/mol. The fourth-order valence-corrected chi connectivity index (χ4v) is 26.4. The fraction of sp³-hybridized carbons (Fsp3) is 0.463. The zero-order valence-corrected chi connectivity index (χ0v) is 42.8. The second kappa shape index (κ2) is 15.5. The van der Waals surface area contributed by atoms with Gasteiger partial charge in [-0.15, -0.1) is 0 Å². The summed E-state index contributed by atoms with van der Waals surface area (Å²) in [6.07, 6.45) is 35.5. The van der Waals surface area contributed by atoms with Crippen LogP contribution in [0.4, 0.5) is 0 Å². The summed E-state index contributed by atoms with van der Waals surface area (Å²) in [7, 11) is 0. The minimum atomic E-state index is -3.27. The quantitative estimate of drug-likeness (QED) is 0.271. The van der Waals surface area contributed by atoms with E-state index in [1.807, 2.05) is 0 Å². The summed E-state index contributed by atoms with van der Waals surface area (Å²) < 4.78 is 3.75. The molecule has 0 aliphatic heterocycles. The molecule has 0 nitrogen and oxygen atoms in total. The second-order valence-corrected chi connectivity index (χ2v) is 27.8. The number of halogens is 4. The summed E-state index contributed by atoms with van der Waals surface area (Å²) in [6, 6.07) is 17.8. The van der Waals surface area contributed by atoms with E-state index in [2.05, 4.69) is 211 Å². The summed E-state index contributed by atoms with van der Waals surface area (Å²) in [5.74, 6) is 0.754. The van der Waals surface area contributed by atoms with Gasteiger partial charge in [-0.25, -0.2) is 0 Å². The van der Waals surface area contributed by atoms with E-state index >= 15 is 0 Å². The summed E-state index contributed by atoms with van der Waals surface area (Å²) in [5, 5.41) is 1.56. The molecule has 0 radical (unpaired) electrons. The molecule has 0 bridgehead atoms. The third-order valence-electron chi connectivity index (χ3n) is 18.2. The van der Waals surface area contributed by atoms with Gasteiger partial charge < -0.3 is 24.8 Å². The van der Waals surface area contributed by atoms with E-state index in [4.69, 9.17) is 23.2 Å². The molecule has 10 atom stereocenters. The minimum Gasteiger partial charge on any atom is -1.00 e. The van der Waals surface area contributed by atoms with Crippen LogP contribution in [0.5, 0.6) is 0 Å². The van der Waals surface area contributed by atoms with Gasteiger partial charge in [-0.2, -0.15) is 0 Å². The molecule has 0 saturated heterocycles. The van der Waals surface area contributed by atoms with Crippen LogP contribution < -0.4 is 24.8 Å². The molecule has 6 aliphatic carbocycles. The third kappa shape index (κ3) is 5.85. The summed E-state index contributed by atoms with van der Waals surface area (Å²) >= 11 is 10.2. The smallest absolute Gasteiger partial charge is 1.00 e. The van der Waals surface area contributed by atoms with E-state index in [-0.39, 0.29) is 68.1 Å². The topological polar surface area (TPSA) is 0 Å². The molecule has 8 rings (SSSR count). The van der Waals surface area contributed by atoms with Crippen LogP contribution in [0, 0.1) is 55.2 Å². The maximum Gasteiger partial charge on any atom is -1.00 e. The Bertz CT molecular complexity index is 2250. The van der Waals surface area contributed by atoms with Gasteiger partial charge in [0.1, 0.15) is 0 Å². The molecule has 0 amide bonds. The number of hydrogen-bond acceptors (Lipinski definition) is 0. The van der Waals surface area contributed by atoms with Crippen LogP contribution in [-0.2, 0) is 21.3 Å². The Morgan fingerprint density at radius 2 is 1.15 bits per heavy atom. The molecule has 2 saturated carbocycles. The van der Waals surface area contributed by atoms with E-state index in [0.717, 1.165) is 16.5 Å². The largest absolute Gasteiger partial charge is 1.00 e. The monoisotopic (exact) mass is 942 g/mol. The average molecular weight is 946 g/mol. The molecule has 0 spiro atoms. The molecule has 0 heterocycles. The summed E-state index contributed by atoms with van der Waals surface area (Å²) in [5.41, 5.74) is 4.60. The van der Waals surface area contributed by atoms with Gasteiger partial charge in [0, 0.05) is 0 Å². The van der Waals surface area contributed by atoms with Crippen LogP contribution >= 0.6 is 23.2 Å². The van der Waals surface area contributed by atoms with Crippen molar-refractivity contribution >= 4 is 26.4 Å². The van der Waals surface area contributed by atoms with Crippen LogP contribution in [0.25, 0.3) is 0 Å². The molecule has 2 aromatic rings. The number of hydrogen-bond donors (Lipinski definition) is 0. The van der Waals surface area contributed by atoms with Gasteiger partial charge >= 0.3 is 366 Å². The summed E-state index contributed by atoms with van der Waals surface area (Å²) in [6.45, 7) is 31.0. The molecule has 59 heavy (non-hydrogen) atoms. The molecule has 6 aliphatic rings.